The summed E-state index contributed by atoms with van der Waals surface area (Å²) in [5, 5.41) is 37.7. The Labute approximate surface area is 130 Å². The van der Waals surface area contributed by atoms with Crippen molar-refractivity contribution in [2.24, 2.45) is 0 Å². The number of aromatic hydroxyl groups is 1. The van der Waals surface area contributed by atoms with Crippen LogP contribution in [0.2, 0.25) is 0 Å². The molecule has 2 rings (SSSR count). The predicted octanol–water partition coefficient (Wildman–Crippen LogP) is 0.212. The molecule has 1 radical (unpaired) electrons. The first kappa shape index (κ1) is 18.5. The van der Waals surface area contributed by atoms with E-state index in [1.165, 1.54) is 48.5 Å². The van der Waals surface area contributed by atoms with Gasteiger partial charge in [0.25, 0.3) is 0 Å². The molecular formula is C14H10CoO6. The Morgan fingerprint density at radius 1 is 0.857 bits per heavy atom. The van der Waals surface area contributed by atoms with Crippen LogP contribution in [0.3, 0.4) is 0 Å². The molecule has 2 aromatic carbocycles. The number of benzene rings is 2. The van der Waals surface area contributed by atoms with Crippen molar-refractivity contribution < 1.29 is 46.8 Å². The summed E-state index contributed by atoms with van der Waals surface area (Å²) in [5.41, 5.74) is 0.206. The molecule has 0 atom stereocenters. The second-order valence-corrected chi connectivity index (χ2v) is 3.66. The molecule has 0 aliphatic carbocycles. The zero-order valence-electron chi connectivity index (χ0n) is 10.5. The zero-order valence-corrected chi connectivity index (χ0v) is 11.5. The maximum Gasteiger partial charge on any atom is 2.00 e. The second-order valence-electron chi connectivity index (χ2n) is 3.66. The van der Waals surface area contributed by atoms with Gasteiger partial charge in [-0.05, 0) is 29.8 Å². The van der Waals surface area contributed by atoms with Gasteiger partial charge in [0.2, 0.25) is 0 Å². The molecule has 0 aliphatic rings. The number of aromatic carboxylic acids is 2. The van der Waals surface area contributed by atoms with Crippen LogP contribution in [0.15, 0.2) is 48.5 Å². The number of hydrogen-bond acceptors (Lipinski definition) is 5. The van der Waals surface area contributed by atoms with Crippen molar-refractivity contribution in [2.45, 2.75) is 0 Å². The second kappa shape index (κ2) is 8.62. The number of carbonyl (C=O) groups excluding carboxylic acids is 1. The molecule has 7 heteroatoms. The molecule has 2 aromatic rings. The van der Waals surface area contributed by atoms with Crippen molar-refractivity contribution >= 4 is 11.9 Å². The van der Waals surface area contributed by atoms with Crippen LogP contribution in [0, 0.1) is 0 Å². The van der Waals surface area contributed by atoms with Gasteiger partial charge in [-0.15, -0.1) is 5.75 Å². The van der Waals surface area contributed by atoms with Crippen LogP contribution in [0.5, 0.6) is 11.5 Å². The largest absolute Gasteiger partial charge is 2.00 e. The third-order valence-corrected chi connectivity index (χ3v) is 2.20. The monoisotopic (exact) mass is 333 g/mol. The fourth-order valence-corrected chi connectivity index (χ4v) is 1.20. The van der Waals surface area contributed by atoms with E-state index in [-0.39, 0.29) is 39.4 Å². The first-order chi connectivity index (χ1) is 9.40. The van der Waals surface area contributed by atoms with Crippen molar-refractivity contribution in [3.63, 3.8) is 0 Å². The van der Waals surface area contributed by atoms with E-state index in [4.69, 9.17) is 10.2 Å². The van der Waals surface area contributed by atoms with Gasteiger partial charge in [0.05, 0.1) is 11.5 Å². The summed E-state index contributed by atoms with van der Waals surface area (Å²) in [6, 6.07) is 10.2. The summed E-state index contributed by atoms with van der Waals surface area (Å²) in [5.74, 6) is -2.38. The van der Waals surface area contributed by atoms with E-state index in [0.29, 0.717) is 0 Å². The van der Waals surface area contributed by atoms with E-state index >= 15 is 0 Å². The van der Waals surface area contributed by atoms with Crippen molar-refractivity contribution in [3.05, 3.63) is 59.7 Å². The van der Waals surface area contributed by atoms with Crippen LogP contribution in [-0.2, 0) is 16.8 Å². The number of phenolic OH excluding ortho intramolecular Hbond substituents is 1. The SMILES string of the molecule is O=C(O)c1ccc(O)cc1.O=C([O-])c1ccc([O-])cc1.[Co+2]. The minimum atomic E-state index is -1.26. The Kier molecular flexibility index (Phi) is 7.59. The number of phenols is 1. The third-order valence-electron chi connectivity index (χ3n) is 2.20. The van der Waals surface area contributed by atoms with E-state index in [9.17, 15) is 19.8 Å². The average molecular weight is 333 g/mol. The predicted molar refractivity (Wildman–Crippen MR) is 65.3 cm³/mol. The molecule has 0 bridgehead atoms. The first-order valence-electron chi connectivity index (χ1n) is 5.41. The summed E-state index contributed by atoms with van der Waals surface area (Å²) in [6.45, 7) is 0. The summed E-state index contributed by atoms with van der Waals surface area (Å²) < 4.78 is 0. The summed E-state index contributed by atoms with van der Waals surface area (Å²) in [6.07, 6.45) is 0. The van der Waals surface area contributed by atoms with Crippen molar-refractivity contribution in [1.82, 2.24) is 0 Å². The molecule has 6 nitrogen and oxygen atoms in total. The van der Waals surface area contributed by atoms with E-state index in [1.54, 1.807) is 0 Å². The quantitative estimate of drug-likeness (QED) is 0.810. The zero-order chi connectivity index (χ0) is 15.1. The molecule has 0 heterocycles. The Hall–Kier alpha value is -2.51. The van der Waals surface area contributed by atoms with Gasteiger partial charge in [-0.2, -0.15) is 0 Å². The molecule has 0 aliphatic heterocycles. The molecule has 2 N–H and O–H groups in total. The summed E-state index contributed by atoms with van der Waals surface area (Å²) >= 11 is 0. The Morgan fingerprint density at radius 3 is 1.67 bits per heavy atom. The fourth-order valence-electron chi connectivity index (χ4n) is 1.20. The van der Waals surface area contributed by atoms with Crippen LogP contribution in [0.25, 0.3) is 0 Å². The van der Waals surface area contributed by atoms with Gasteiger partial charge in [-0.25, -0.2) is 4.79 Å². The Morgan fingerprint density at radius 2 is 1.29 bits per heavy atom. The molecule has 0 fully saturated rings. The summed E-state index contributed by atoms with van der Waals surface area (Å²) in [4.78, 5) is 20.3. The van der Waals surface area contributed by atoms with E-state index in [1.807, 2.05) is 0 Å². The van der Waals surface area contributed by atoms with Gasteiger partial charge in [0.1, 0.15) is 5.75 Å². The molecule has 111 valence electrons. The molecule has 0 aromatic heterocycles. The van der Waals surface area contributed by atoms with E-state index in [2.05, 4.69) is 0 Å². The molecule has 0 unspecified atom stereocenters. The fraction of sp³-hybridized carbons (Fsp3) is 0. The van der Waals surface area contributed by atoms with Gasteiger partial charge in [0.15, 0.2) is 0 Å². The summed E-state index contributed by atoms with van der Waals surface area (Å²) in [7, 11) is 0. The molecule has 21 heavy (non-hydrogen) atoms. The Bertz CT molecular complexity index is 536. The standard InChI is InChI=1S/2C7H6O3.Co/c2*8-6-3-1-5(2-4-6)7(9)10;/h2*1-4,8H,(H,9,10);/q;;+2/p-2. The number of rotatable bonds is 2. The van der Waals surface area contributed by atoms with Gasteiger partial charge in [-0.3, -0.25) is 0 Å². The van der Waals surface area contributed by atoms with Gasteiger partial charge in [-0.1, -0.05) is 24.3 Å². The van der Waals surface area contributed by atoms with Crippen LogP contribution in [-0.4, -0.2) is 22.2 Å². The molecule has 0 saturated heterocycles. The molecule has 0 amide bonds. The average Bonchev–Trinajstić information content (AvgIpc) is 2.40. The van der Waals surface area contributed by atoms with Gasteiger partial charge < -0.3 is 25.2 Å². The van der Waals surface area contributed by atoms with Crippen molar-refractivity contribution in [2.75, 3.05) is 0 Å². The van der Waals surface area contributed by atoms with Gasteiger partial charge >= 0.3 is 22.7 Å². The minimum Gasteiger partial charge on any atom is -0.872 e. The van der Waals surface area contributed by atoms with Crippen LogP contribution in [0.1, 0.15) is 20.7 Å². The first-order valence-corrected chi connectivity index (χ1v) is 5.41. The maximum atomic E-state index is 10.4. The normalized spacial score (nSPS) is 8.76. The number of carboxylic acids is 2. The topological polar surface area (TPSA) is 121 Å². The van der Waals surface area contributed by atoms with E-state index in [0.717, 1.165) is 0 Å². The van der Waals surface area contributed by atoms with Crippen LogP contribution in [0.4, 0.5) is 0 Å². The Balaban J connectivity index is 0.000000364. The number of carbonyl (C=O) groups is 2. The van der Waals surface area contributed by atoms with E-state index < -0.39 is 11.9 Å². The van der Waals surface area contributed by atoms with Crippen molar-refractivity contribution in [3.8, 4) is 11.5 Å². The number of hydrogen-bond donors (Lipinski definition) is 2. The molecular weight excluding hydrogens is 323 g/mol. The number of carboxylic acid groups (broad SMARTS) is 2. The van der Waals surface area contributed by atoms with Crippen LogP contribution >= 0.6 is 0 Å². The van der Waals surface area contributed by atoms with Crippen LogP contribution < -0.4 is 10.2 Å². The third kappa shape index (κ3) is 6.46. The van der Waals surface area contributed by atoms with Gasteiger partial charge in [0, 0.05) is 0 Å². The molecule has 0 saturated carbocycles. The maximum absolute atomic E-state index is 10.4. The molecule has 0 spiro atoms. The smallest absolute Gasteiger partial charge is 0.872 e. The minimum absolute atomic E-state index is 0. The van der Waals surface area contributed by atoms with Crippen molar-refractivity contribution in [1.29, 1.82) is 0 Å².